The second kappa shape index (κ2) is 7.90. The normalized spacial score (nSPS) is 26.8. The zero-order chi connectivity index (χ0) is 17.9. The number of rotatable bonds is 5. The van der Waals surface area contributed by atoms with Gasteiger partial charge in [-0.05, 0) is 70.9 Å². The van der Waals surface area contributed by atoms with Gasteiger partial charge in [0.15, 0.2) is 0 Å². The van der Waals surface area contributed by atoms with Crippen molar-refractivity contribution in [2.75, 3.05) is 26.2 Å². The van der Waals surface area contributed by atoms with Crippen LogP contribution in [0.3, 0.4) is 0 Å². The van der Waals surface area contributed by atoms with Crippen LogP contribution in [-0.2, 0) is 14.3 Å². The summed E-state index contributed by atoms with van der Waals surface area (Å²) in [7, 11) is 0. The highest BCUT2D eigenvalue weighted by Crippen LogP contribution is 2.43. The van der Waals surface area contributed by atoms with Gasteiger partial charge in [-0.2, -0.15) is 0 Å². The number of ether oxygens (including phenoxy) is 1. The Kier molecular flexibility index (Phi) is 5.82. The molecule has 1 aliphatic carbocycles. The van der Waals surface area contributed by atoms with Crippen molar-refractivity contribution in [2.24, 2.45) is 5.92 Å². The average Bonchev–Trinajstić information content (AvgIpc) is 2.82. The summed E-state index contributed by atoms with van der Waals surface area (Å²) in [6, 6.07) is 0. The Morgan fingerprint density at radius 3 is 2.76 bits per heavy atom. The number of nitrogens with one attached hydrogen (secondary N) is 1. The number of esters is 1. The van der Waals surface area contributed by atoms with Gasteiger partial charge in [0.1, 0.15) is 5.60 Å². The number of amides is 1. The van der Waals surface area contributed by atoms with E-state index < -0.39 is 5.60 Å². The van der Waals surface area contributed by atoms with Crippen LogP contribution >= 0.6 is 0 Å². The zero-order valence-electron chi connectivity index (χ0n) is 15.7. The Morgan fingerprint density at radius 1 is 1.28 bits per heavy atom. The molecule has 0 radical (unpaired) electrons. The van der Waals surface area contributed by atoms with E-state index in [-0.39, 0.29) is 11.9 Å². The molecule has 0 aromatic carbocycles. The van der Waals surface area contributed by atoms with Crippen LogP contribution in [0.4, 0.5) is 0 Å². The minimum absolute atomic E-state index is 0.0998. The van der Waals surface area contributed by atoms with Crippen molar-refractivity contribution >= 4 is 11.9 Å². The van der Waals surface area contributed by atoms with E-state index in [1.165, 1.54) is 25.9 Å². The Balaban J connectivity index is 1.52. The van der Waals surface area contributed by atoms with Crippen LogP contribution in [0.15, 0.2) is 11.1 Å². The van der Waals surface area contributed by atoms with Gasteiger partial charge in [-0.1, -0.05) is 13.3 Å². The van der Waals surface area contributed by atoms with Crippen molar-refractivity contribution < 1.29 is 14.3 Å². The third-order valence-corrected chi connectivity index (χ3v) is 5.99. The van der Waals surface area contributed by atoms with Crippen LogP contribution in [0.2, 0.25) is 0 Å². The lowest BCUT2D eigenvalue weighted by atomic mass is 9.78. The Labute approximate surface area is 151 Å². The molecule has 3 rings (SSSR count). The van der Waals surface area contributed by atoms with Crippen LogP contribution < -0.4 is 5.32 Å². The molecular formula is C20H32N2O3. The summed E-state index contributed by atoms with van der Waals surface area (Å²) in [6.07, 6.45) is 8.32. The Morgan fingerprint density at radius 2 is 2.04 bits per heavy atom. The summed E-state index contributed by atoms with van der Waals surface area (Å²) in [6.45, 7) is 8.07. The molecule has 0 aromatic heterocycles. The molecule has 2 fully saturated rings. The van der Waals surface area contributed by atoms with E-state index >= 15 is 0 Å². The van der Waals surface area contributed by atoms with Crippen molar-refractivity contribution in [2.45, 2.75) is 70.8 Å². The molecule has 0 aromatic rings. The molecule has 140 valence electrons. The maximum absolute atomic E-state index is 12.8. The van der Waals surface area contributed by atoms with Crippen LogP contribution in [0.1, 0.15) is 65.2 Å². The van der Waals surface area contributed by atoms with E-state index in [4.69, 9.17) is 4.74 Å². The highest BCUT2D eigenvalue weighted by atomic mass is 16.6. The smallest absolute Gasteiger partial charge is 0.335 e. The van der Waals surface area contributed by atoms with E-state index in [9.17, 15) is 9.59 Å². The maximum Gasteiger partial charge on any atom is 0.335 e. The molecule has 1 atom stereocenters. The first-order chi connectivity index (χ1) is 12.0. The molecule has 2 heterocycles. The van der Waals surface area contributed by atoms with Gasteiger partial charge in [0, 0.05) is 18.7 Å². The molecule has 1 amide bonds. The SMILES string of the molecule is CC1=C(C(=O)NCCCN2CCCC(C)C2)C2(CCCCC2)OC1=O. The molecule has 1 spiro atoms. The van der Waals surface area contributed by atoms with Crippen LogP contribution in [0, 0.1) is 5.92 Å². The first-order valence-electron chi connectivity index (χ1n) is 9.97. The predicted octanol–water partition coefficient (Wildman–Crippen LogP) is 2.80. The number of carbonyl (C=O) groups is 2. The van der Waals surface area contributed by atoms with Gasteiger partial charge in [-0.3, -0.25) is 4.79 Å². The van der Waals surface area contributed by atoms with E-state index in [1.807, 2.05) is 0 Å². The van der Waals surface area contributed by atoms with Crippen molar-refractivity contribution in [3.63, 3.8) is 0 Å². The molecule has 2 aliphatic heterocycles. The summed E-state index contributed by atoms with van der Waals surface area (Å²) in [5.41, 5.74) is 0.458. The molecule has 1 saturated heterocycles. The molecular weight excluding hydrogens is 316 g/mol. The van der Waals surface area contributed by atoms with Crippen LogP contribution in [-0.4, -0.2) is 48.6 Å². The van der Waals surface area contributed by atoms with E-state index in [2.05, 4.69) is 17.1 Å². The fourth-order valence-electron chi connectivity index (χ4n) is 4.68. The minimum atomic E-state index is -0.647. The number of piperidine rings is 1. The number of hydrogen-bond donors (Lipinski definition) is 1. The van der Waals surface area contributed by atoms with E-state index in [0.717, 1.165) is 51.0 Å². The van der Waals surface area contributed by atoms with E-state index in [1.54, 1.807) is 6.92 Å². The Hall–Kier alpha value is -1.36. The van der Waals surface area contributed by atoms with Crippen molar-refractivity contribution in [3.05, 3.63) is 11.1 Å². The maximum atomic E-state index is 12.8. The number of likely N-dealkylation sites (tertiary alicyclic amines) is 1. The molecule has 25 heavy (non-hydrogen) atoms. The van der Waals surface area contributed by atoms with Crippen molar-refractivity contribution in [1.29, 1.82) is 0 Å². The van der Waals surface area contributed by atoms with Gasteiger partial charge in [0.25, 0.3) is 5.91 Å². The molecule has 1 N–H and O–H groups in total. The summed E-state index contributed by atoms with van der Waals surface area (Å²) >= 11 is 0. The first kappa shape index (κ1) is 18.4. The topological polar surface area (TPSA) is 58.6 Å². The predicted molar refractivity (Wildman–Crippen MR) is 97.1 cm³/mol. The first-order valence-corrected chi connectivity index (χ1v) is 9.97. The standard InChI is InChI=1S/C20H32N2O3/c1-15-8-6-12-22(14-15)13-7-11-21-18(23)17-16(2)19(24)25-20(17)9-4-3-5-10-20/h15H,3-14H2,1-2H3,(H,21,23). The molecule has 5 heteroatoms. The summed E-state index contributed by atoms with van der Waals surface area (Å²) in [5, 5.41) is 3.04. The number of carbonyl (C=O) groups excluding carboxylic acids is 2. The Bertz CT molecular complexity index is 549. The zero-order valence-corrected chi connectivity index (χ0v) is 15.7. The van der Waals surface area contributed by atoms with Gasteiger partial charge in [0.2, 0.25) is 0 Å². The molecule has 3 aliphatic rings. The summed E-state index contributed by atoms with van der Waals surface area (Å²) in [4.78, 5) is 27.3. The average molecular weight is 348 g/mol. The number of nitrogens with zero attached hydrogens (tertiary/aromatic N) is 1. The lowest BCUT2D eigenvalue weighted by Gasteiger charge is -2.34. The minimum Gasteiger partial charge on any atom is -0.451 e. The van der Waals surface area contributed by atoms with Gasteiger partial charge in [0.05, 0.1) is 5.57 Å². The fourth-order valence-corrected chi connectivity index (χ4v) is 4.68. The van der Waals surface area contributed by atoms with Crippen molar-refractivity contribution in [1.82, 2.24) is 10.2 Å². The molecule has 1 unspecified atom stereocenters. The lowest BCUT2D eigenvalue weighted by Crippen LogP contribution is -2.42. The number of hydrogen-bond acceptors (Lipinski definition) is 4. The quantitative estimate of drug-likeness (QED) is 0.613. The third kappa shape index (κ3) is 4.08. The van der Waals surface area contributed by atoms with Gasteiger partial charge in [-0.25, -0.2) is 4.79 Å². The van der Waals surface area contributed by atoms with Crippen LogP contribution in [0.25, 0.3) is 0 Å². The largest absolute Gasteiger partial charge is 0.451 e. The molecule has 1 saturated carbocycles. The second-order valence-electron chi connectivity index (χ2n) is 8.10. The molecule has 5 nitrogen and oxygen atoms in total. The molecule has 0 bridgehead atoms. The monoisotopic (exact) mass is 348 g/mol. The fraction of sp³-hybridized carbons (Fsp3) is 0.800. The summed E-state index contributed by atoms with van der Waals surface area (Å²) < 4.78 is 5.67. The van der Waals surface area contributed by atoms with E-state index in [0.29, 0.717) is 17.7 Å². The highest BCUT2D eigenvalue weighted by Gasteiger charge is 2.49. The van der Waals surface area contributed by atoms with Gasteiger partial charge < -0.3 is 15.0 Å². The third-order valence-electron chi connectivity index (χ3n) is 5.99. The highest BCUT2D eigenvalue weighted by molar-refractivity contribution is 6.07. The summed E-state index contributed by atoms with van der Waals surface area (Å²) in [5.74, 6) is 0.371. The van der Waals surface area contributed by atoms with Crippen LogP contribution in [0.5, 0.6) is 0 Å². The lowest BCUT2D eigenvalue weighted by molar-refractivity contribution is -0.149. The second-order valence-corrected chi connectivity index (χ2v) is 8.10. The van der Waals surface area contributed by atoms with Gasteiger partial charge in [-0.15, -0.1) is 0 Å². The van der Waals surface area contributed by atoms with Crippen molar-refractivity contribution in [3.8, 4) is 0 Å². The van der Waals surface area contributed by atoms with Gasteiger partial charge >= 0.3 is 5.97 Å².